The second-order valence-electron chi connectivity index (χ2n) is 9.01. The standard InChI is InChI=1S/C23H36NO2/c1-5-6-7-8-12-19-13-9-10-14-20(19)26-21(25)24-18-23(4)16-11-15-22(2,3)17-23/h9-11,13-14H,5-8,12,15-18H2,1-4H3,(H,24,25). The third-order valence-electron chi connectivity index (χ3n) is 5.37. The molecule has 3 nitrogen and oxygen atoms in total. The molecule has 3 heteroatoms. The Morgan fingerprint density at radius 2 is 1.88 bits per heavy atom. The Bertz CT molecular complexity index is 581. The Morgan fingerprint density at radius 3 is 2.62 bits per heavy atom. The van der Waals surface area contributed by atoms with Gasteiger partial charge in [-0.1, -0.05) is 65.2 Å². The van der Waals surface area contributed by atoms with Crippen molar-refractivity contribution in [3.8, 4) is 5.75 Å². The van der Waals surface area contributed by atoms with E-state index >= 15 is 0 Å². The van der Waals surface area contributed by atoms with Crippen molar-refractivity contribution in [3.05, 3.63) is 36.2 Å². The van der Waals surface area contributed by atoms with Gasteiger partial charge in [0.15, 0.2) is 0 Å². The first kappa shape index (κ1) is 20.8. The molecule has 1 amide bonds. The molecular weight excluding hydrogens is 322 g/mol. The van der Waals surface area contributed by atoms with Crippen LogP contribution in [-0.2, 0) is 6.42 Å². The van der Waals surface area contributed by atoms with E-state index in [4.69, 9.17) is 4.74 Å². The van der Waals surface area contributed by atoms with Crippen LogP contribution in [0.1, 0.15) is 78.2 Å². The van der Waals surface area contributed by atoms with Crippen LogP contribution in [0.15, 0.2) is 24.3 Å². The predicted octanol–water partition coefficient (Wildman–Crippen LogP) is 6.32. The van der Waals surface area contributed by atoms with Gasteiger partial charge in [0.2, 0.25) is 0 Å². The summed E-state index contributed by atoms with van der Waals surface area (Å²) in [7, 11) is 0. The second-order valence-corrected chi connectivity index (χ2v) is 9.01. The van der Waals surface area contributed by atoms with Crippen LogP contribution in [0, 0.1) is 17.3 Å². The summed E-state index contributed by atoms with van der Waals surface area (Å²) in [6.07, 6.45) is 11.2. The van der Waals surface area contributed by atoms with Gasteiger partial charge in [-0.3, -0.25) is 0 Å². The molecule has 1 unspecified atom stereocenters. The van der Waals surface area contributed by atoms with Crippen molar-refractivity contribution < 1.29 is 9.53 Å². The molecule has 0 spiro atoms. The summed E-state index contributed by atoms with van der Waals surface area (Å²) >= 11 is 0. The van der Waals surface area contributed by atoms with Crippen LogP contribution in [0.25, 0.3) is 0 Å². The number of unbranched alkanes of at least 4 members (excludes halogenated alkanes) is 3. The van der Waals surface area contributed by atoms with E-state index < -0.39 is 0 Å². The molecule has 0 heterocycles. The van der Waals surface area contributed by atoms with Gasteiger partial charge in [0.1, 0.15) is 5.75 Å². The van der Waals surface area contributed by atoms with E-state index in [1.54, 1.807) is 0 Å². The maximum absolute atomic E-state index is 12.3. The van der Waals surface area contributed by atoms with E-state index in [-0.39, 0.29) is 11.5 Å². The fraction of sp³-hybridized carbons (Fsp3) is 0.652. The summed E-state index contributed by atoms with van der Waals surface area (Å²) in [6.45, 7) is 9.73. The first-order valence-corrected chi connectivity index (χ1v) is 10.2. The number of benzene rings is 1. The quantitative estimate of drug-likeness (QED) is 0.552. The summed E-state index contributed by atoms with van der Waals surface area (Å²) in [5.41, 5.74) is 1.54. The molecular formula is C23H36NO2. The number of ether oxygens (including phenoxy) is 1. The van der Waals surface area contributed by atoms with Gasteiger partial charge in [0.25, 0.3) is 0 Å². The molecule has 1 aromatic carbocycles. The first-order chi connectivity index (χ1) is 12.3. The van der Waals surface area contributed by atoms with Gasteiger partial charge in [0, 0.05) is 6.54 Å². The fourth-order valence-corrected chi connectivity index (χ4v) is 4.22. The van der Waals surface area contributed by atoms with Crippen molar-refractivity contribution in [2.24, 2.45) is 10.8 Å². The predicted molar refractivity (Wildman–Crippen MR) is 108 cm³/mol. The number of amides is 1. The molecule has 2 rings (SSSR count). The van der Waals surface area contributed by atoms with Gasteiger partial charge in [-0.2, -0.15) is 0 Å². The monoisotopic (exact) mass is 358 g/mol. The highest BCUT2D eigenvalue weighted by atomic mass is 16.6. The number of hydrogen-bond acceptors (Lipinski definition) is 2. The van der Waals surface area contributed by atoms with E-state index in [0.717, 1.165) is 37.7 Å². The smallest absolute Gasteiger partial charge is 0.410 e. The van der Waals surface area contributed by atoms with Crippen molar-refractivity contribution in [1.29, 1.82) is 0 Å². The van der Waals surface area contributed by atoms with Crippen molar-refractivity contribution in [2.45, 2.75) is 79.1 Å². The average Bonchev–Trinajstić information content (AvgIpc) is 2.57. The average molecular weight is 359 g/mol. The number of hydrogen-bond donors (Lipinski definition) is 1. The van der Waals surface area contributed by atoms with E-state index in [9.17, 15) is 4.79 Å². The second kappa shape index (κ2) is 9.43. The van der Waals surface area contributed by atoms with E-state index in [2.05, 4.69) is 45.5 Å². The first-order valence-electron chi connectivity index (χ1n) is 10.2. The molecule has 1 aromatic rings. The normalized spacial score (nSPS) is 22.0. The largest absolute Gasteiger partial charge is 0.412 e. The molecule has 26 heavy (non-hydrogen) atoms. The summed E-state index contributed by atoms with van der Waals surface area (Å²) in [6, 6.07) is 7.90. The van der Waals surface area contributed by atoms with Crippen LogP contribution in [-0.4, -0.2) is 12.6 Å². The molecule has 1 aliphatic rings. The molecule has 0 aromatic heterocycles. The lowest BCUT2D eigenvalue weighted by atomic mass is 9.64. The Balaban J connectivity index is 1.86. The summed E-state index contributed by atoms with van der Waals surface area (Å²) in [5.74, 6) is 0.696. The number of carbonyl (C=O) groups excluding carboxylic acids is 1. The molecule has 1 atom stereocenters. The van der Waals surface area contributed by atoms with Crippen LogP contribution in [0.5, 0.6) is 5.75 Å². The van der Waals surface area contributed by atoms with Crippen molar-refractivity contribution in [3.63, 3.8) is 0 Å². The molecule has 1 aliphatic carbocycles. The minimum absolute atomic E-state index is 0.112. The Hall–Kier alpha value is -1.51. The van der Waals surface area contributed by atoms with Crippen LogP contribution < -0.4 is 10.1 Å². The van der Waals surface area contributed by atoms with E-state index in [1.807, 2.05) is 18.2 Å². The van der Waals surface area contributed by atoms with Crippen LogP contribution in [0.3, 0.4) is 0 Å². The summed E-state index contributed by atoms with van der Waals surface area (Å²) in [4.78, 5) is 12.3. The fourth-order valence-electron chi connectivity index (χ4n) is 4.22. The third kappa shape index (κ3) is 6.66. The van der Waals surface area contributed by atoms with Crippen molar-refractivity contribution >= 4 is 6.09 Å². The zero-order valence-corrected chi connectivity index (χ0v) is 17.1. The van der Waals surface area contributed by atoms with E-state index in [0.29, 0.717) is 17.7 Å². The van der Waals surface area contributed by atoms with Crippen LogP contribution >= 0.6 is 0 Å². The lowest BCUT2D eigenvalue weighted by Gasteiger charge is -2.42. The lowest BCUT2D eigenvalue weighted by molar-refractivity contribution is 0.126. The molecule has 1 radical (unpaired) electrons. The van der Waals surface area contributed by atoms with Crippen molar-refractivity contribution in [1.82, 2.24) is 5.32 Å². The van der Waals surface area contributed by atoms with Gasteiger partial charge in [-0.05, 0) is 61.0 Å². The molecule has 1 fully saturated rings. The number of rotatable bonds is 8. The number of aryl methyl sites for hydroxylation is 1. The number of para-hydroxylation sites is 1. The highest BCUT2D eigenvalue weighted by Gasteiger charge is 2.36. The lowest BCUT2D eigenvalue weighted by Crippen LogP contribution is -2.42. The van der Waals surface area contributed by atoms with Gasteiger partial charge in [-0.15, -0.1) is 0 Å². The van der Waals surface area contributed by atoms with Crippen molar-refractivity contribution in [2.75, 3.05) is 6.54 Å². The van der Waals surface area contributed by atoms with Gasteiger partial charge in [-0.25, -0.2) is 4.79 Å². The molecule has 145 valence electrons. The Kier molecular flexibility index (Phi) is 7.55. The highest BCUT2D eigenvalue weighted by molar-refractivity contribution is 5.70. The minimum Gasteiger partial charge on any atom is -0.410 e. The molecule has 1 saturated carbocycles. The molecule has 0 saturated heterocycles. The molecule has 1 N–H and O–H groups in total. The minimum atomic E-state index is -0.337. The highest BCUT2D eigenvalue weighted by Crippen LogP contribution is 2.45. The zero-order chi connectivity index (χ0) is 19.0. The number of carbonyl (C=O) groups is 1. The maximum atomic E-state index is 12.3. The number of nitrogens with one attached hydrogen (secondary N) is 1. The Morgan fingerprint density at radius 1 is 1.12 bits per heavy atom. The SMILES string of the molecule is CCCCCCc1ccccc1OC(=O)NCC1(C)C[CH]CC(C)(C)C1. The van der Waals surface area contributed by atoms with Crippen LogP contribution in [0.2, 0.25) is 0 Å². The van der Waals surface area contributed by atoms with Crippen LogP contribution in [0.4, 0.5) is 4.79 Å². The maximum Gasteiger partial charge on any atom is 0.412 e. The van der Waals surface area contributed by atoms with Gasteiger partial charge >= 0.3 is 6.09 Å². The summed E-state index contributed by atoms with van der Waals surface area (Å²) in [5, 5.41) is 3.00. The molecule has 0 aliphatic heterocycles. The third-order valence-corrected chi connectivity index (χ3v) is 5.37. The zero-order valence-electron chi connectivity index (χ0n) is 17.1. The van der Waals surface area contributed by atoms with E-state index in [1.165, 1.54) is 19.3 Å². The van der Waals surface area contributed by atoms with Gasteiger partial charge in [0.05, 0.1) is 0 Å². The summed E-state index contributed by atoms with van der Waals surface area (Å²) < 4.78 is 5.63. The molecule has 0 bridgehead atoms. The topological polar surface area (TPSA) is 38.3 Å². The Labute approximate surface area is 159 Å². The van der Waals surface area contributed by atoms with Gasteiger partial charge < -0.3 is 10.1 Å².